The normalized spacial score (nSPS) is 21.0. The molecule has 1 amide bonds. The molecule has 1 aromatic heterocycles. The van der Waals surface area contributed by atoms with Gasteiger partial charge in [0.15, 0.2) is 0 Å². The molecule has 128 valence electrons. The topological polar surface area (TPSA) is 93.4 Å². The summed E-state index contributed by atoms with van der Waals surface area (Å²) in [6.07, 6.45) is -0.118. The molecular weight excluding hydrogens is 310 g/mol. The highest BCUT2D eigenvalue weighted by atomic mass is 16.5. The Morgan fingerprint density at radius 1 is 1.38 bits per heavy atom. The highest BCUT2D eigenvalue weighted by molar-refractivity contribution is 5.77. The van der Waals surface area contributed by atoms with Crippen LogP contribution in [-0.4, -0.2) is 62.0 Å². The SMILES string of the molecule is Cc1nnnn1CCC(=O)N1CCO[C@H](CO)[C@H]1c1ccccc1. The van der Waals surface area contributed by atoms with Crippen LogP contribution in [0.25, 0.3) is 0 Å². The van der Waals surface area contributed by atoms with Crippen LogP contribution < -0.4 is 0 Å². The predicted octanol–water partition coefficient (Wildman–Crippen LogP) is 0.333. The van der Waals surface area contributed by atoms with E-state index in [2.05, 4.69) is 15.5 Å². The highest BCUT2D eigenvalue weighted by Gasteiger charge is 2.35. The van der Waals surface area contributed by atoms with Gasteiger partial charge in [0.25, 0.3) is 0 Å². The van der Waals surface area contributed by atoms with Gasteiger partial charge in [0.05, 0.1) is 25.8 Å². The van der Waals surface area contributed by atoms with Gasteiger partial charge in [-0.3, -0.25) is 4.79 Å². The van der Waals surface area contributed by atoms with Crippen LogP contribution in [-0.2, 0) is 16.1 Å². The fraction of sp³-hybridized carbons (Fsp3) is 0.500. The molecule has 2 heterocycles. The van der Waals surface area contributed by atoms with Crippen LogP contribution in [0.2, 0.25) is 0 Å². The van der Waals surface area contributed by atoms with E-state index in [1.165, 1.54) is 0 Å². The van der Waals surface area contributed by atoms with E-state index in [0.717, 1.165) is 5.56 Å². The molecule has 1 aromatic carbocycles. The molecule has 1 aliphatic heterocycles. The van der Waals surface area contributed by atoms with E-state index < -0.39 is 6.10 Å². The molecule has 1 aliphatic rings. The van der Waals surface area contributed by atoms with Gasteiger partial charge < -0.3 is 14.7 Å². The molecule has 0 spiro atoms. The van der Waals surface area contributed by atoms with Crippen LogP contribution in [0.4, 0.5) is 0 Å². The lowest BCUT2D eigenvalue weighted by molar-refractivity contribution is -0.150. The van der Waals surface area contributed by atoms with E-state index in [0.29, 0.717) is 31.9 Å². The average molecular weight is 331 g/mol. The number of benzene rings is 1. The first-order valence-corrected chi connectivity index (χ1v) is 8.00. The van der Waals surface area contributed by atoms with E-state index in [1.807, 2.05) is 30.3 Å². The number of rotatable bonds is 5. The van der Waals surface area contributed by atoms with Crippen LogP contribution in [0.15, 0.2) is 30.3 Å². The first-order valence-electron chi connectivity index (χ1n) is 8.00. The second kappa shape index (κ2) is 7.50. The van der Waals surface area contributed by atoms with E-state index in [4.69, 9.17) is 4.74 Å². The van der Waals surface area contributed by atoms with Crippen molar-refractivity contribution in [2.75, 3.05) is 19.8 Å². The largest absolute Gasteiger partial charge is 0.394 e. The van der Waals surface area contributed by atoms with Gasteiger partial charge in [-0.15, -0.1) is 5.10 Å². The molecule has 1 fully saturated rings. The maximum Gasteiger partial charge on any atom is 0.225 e. The predicted molar refractivity (Wildman–Crippen MR) is 84.9 cm³/mol. The van der Waals surface area contributed by atoms with Gasteiger partial charge in [-0.2, -0.15) is 0 Å². The van der Waals surface area contributed by atoms with Crippen LogP contribution in [0, 0.1) is 6.92 Å². The summed E-state index contributed by atoms with van der Waals surface area (Å²) in [4.78, 5) is 14.5. The summed E-state index contributed by atoms with van der Waals surface area (Å²) in [5, 5.41) is 20.9. The fourth-order valence-corrected chi connectivity index (χ4v) is 3.01. The van der Waals surface area contributed by atoms with Crippen molar-refractivity contribution in [2.24, 2.45) is 0 Å². The number of hydrogen-bond donors (Lipinski definition) is 1. The molecule has 2 aromatic rings. The molecule has 0 radical (unpaired) electrons. The maximum absolute atomic E-state index is 12.8. The number of aliphatic hydroxyl groups is 1. The average Bonchev–Trinajstić information content (AvgIpc) is 3.04. The quantitative estimate of drug-likeness (QED) is 0.849. The maximum atomic E-state index is 12.8. The van der Waals surface area contributed by atoms with Gasteiger partial charge in [-0.05, 0) is 22.9 Å². The molecule has 1 N–H and O–H groups in total. The van der Waals surface area contributed by atoms with Crippen molar-refractivity contribution in [1.82, 2.24) is 25.1 Å². The number of carbonyl (C=O) groups excluding carboxylic acids is 1. The van der Waals surface area contributed by atoms with Gasteiger partial charge in [-0.1, -0.05) is 30.3 Å². The number of carbonyl (C=O) groups is 1. The minimum absolute atomic E-state index is 0.000466. The Morgan fingerprint density at radius 3 is 2.83 bits per heavy atom. The Bertz CT molecular complexity index is 675. The number of aliphatic hydroxyl groups excluding tert-OH is 1. The lowest BCUT2D eigenvalue weighted by atomic mass is 9.98. The van der Waals surface area contributed by atoms with Crippen LogP contribution >= 0.6 is 0 Å². The minimum atomic E-state index is -0.417. The number of aromatic nitrogens is 4. The Labute approximate surface area is 140 Å². The molecule has 0 unspecified atom stereocenters. The summed E-state index contributed by atoms with van der Waals surface area (Å²) < 4.78 is 7.27. The molecular formula is C16H21N5O3. The first kappa shape index (κ1) is 16.5. The van der Waals surface area contributed by atoms with E-state index in [-0.39, 0.29) is 18.6 Å². The number of tetrazole rings is 1. The van der Waals surface area contributed by atoms with Crippen molar-refractivity contribution in [1.29, 1.82) is 0 Å². The Kier molecular flexibility index (Phi) is 5.17. The number of hydrogen-bond acceptors (Lipinski definition) is 6. The molecule has 3 rings (SSSR count). The zero-order valence-corrected chi connectivity index (χ0v) is 13.6. The van der Waals surface area contributed by atoms with Gasteiger partial charge in [-0.25, -0.2) is 4.68 Å². The van der Waals surface area contributed by atoms with Gasteiger partial charge in [0.1, 0.15) is 11.9 Å². The van der Waals surface area contributed by atoms with Crippen molar-refractivity contribution < 1.29 is 14.6 Å². The number of ether oxygens (including phenoxy) is 1. The second-order valence-electron chi connectivity index (χ2n) is 5.73. The Morgan fingerprint density at radius 2 is 2.17 bits per heavy atom. The van der Waals surface area contributed by atoms with Crippen LogP contribution in [0.5, 0.6) is 0 Å². The third-order valence-corrected chi connectivity index (χ3v) is 4.24. The number of aryl methyl sites for hydroxylation is 2. The summed E-state index contributed by atoms with van der Waals surface area (Å²) in [5.41, 5.74) is 0.961. The molecule has 1 saturated heterocycles. The summed E-state index contributed by atoms with van der Waals surface area (Å²) >= 11 is 0. The molecule has 8 nitrogen and oxygen atoms in total. The lowest BCUT2D eigenvalue weighted by Gasteiger charge is -2.41. The number of amides is 1. The summed E-state index contributed by atoms with van der Waals surface area (Å²) in [7, 11) is 0. The smallest absolute Gasteiger partial charge is 0.225 e. The van der Waals surface area contributed by atoms with Crippen molar-refractivity contribution in [3.8, 4) is 0 Å². The molecule has 24 heavy (non-hydrogen) atoms. The van der Waals surface area contributed by atoms with Crippen molar-refractivity contribution in [3.05, 3.63) is 41.7 Å². The number of morpholine rings is 1. The molecule has 0 aliphatic carbocycles. The standard InChI is InChI=1S/C16H21N5O3/c1-12-17-18-19-21(12)8-7-15(23)20-9-10-24-14(11-22)16(20)13-5-3-2-4-6-13/h2-6,14,16,22H,7-11H2,1H3/t14-,16-/m1/s1. The molecule has 2 atom stereocenters. The zero-order chi connectivity index (χ0) is 16.9. The van der Waals surface area contributed by atoms with Crippen LogP contribution in [0.1, 0.15) is 23.9 Å². The van der Waals surface area contributed by atoms with E-state index in [1.54, 1.807) is 16.5 Å². The van der Waals surface area contributed by atoms with Crippen molar-refractivity contribution in [2.45, 2.75) is 32.0 Å². The highest BCUT2D eigenvalue weighted by Crippen LogP contribution is 2.30. The second-order valence-corrected chi connectivity index (χ2v) is 5.73. The summed E-state index contributed by atoms with van der Waals surface area (Å²) in [6, 6.07) is 9.39. The fourth-order valence-electron chi connectivity index (χ4n) is 3.01. The first-order chi connectivity index (χ1) is 11.7. The third kappa shape index (κ3) is 3.44. The Balaban J connectivity index is 1.75. The zero-order valence-electron chi connectivity index (χ0n) is 13.6. The monoisotopic (exact) mass is 331 g/mol. The van der Waals surface area contributed by atoms with E-state index >= 15 is 0 Å². The molecule has 0 bridgehead atoms. The van der Waals surface area contributed by atoms with Crippen LogP contribution in [0.3, 0.4) is 0 Å². The van der Waals surface area contributed by atoms with Gasteiger partial charge in [0, 0.05) is 13.0 Å². The number of nitrogens with zero attached hydrogens (tertiary/aromatic N) is 5. The molecule has 0 saturated carbocycles. The van der Waals surface area contributed by atoms with Gasteiger partial charge >= 0.3 is 0 Å². The van der Waals surface area contributed by atoms with Crippen molar-refractivity contribution in [3.63, 3.8) is 0 Å². The summed E-state index contributed by atoms with van der Waals surface area (Å²) in [6.45, 7) is 3.03. The summed E-state index contributed by atoms with van der Waals surface area (Å²) in [5.74, 6) is 0.679. The minimum Gasteiger partial charge on any atom is -0.394 e. The van der Waals surface area contributed by atoms with Crippen molar-refractivity contribution >= 4 is 5.91 Å². The molecule has 8 heteroatoms. The van der Waals surface area contributed by atoms with Gasteiger partial charge in [0.2, 0.25) is 5.91 Å². The van der Waals surface area contributed by atoms with E-state index in [9.17, 15) is 9.90 Å². The third-order valence-electron chi connectivity index (χ3n) is 4.24. The lowest BCUT2D eigenvalue weighted by Crippen LogP contribution is -2.49. The Hall–Kier alpha value is -2.32.